The van der Waals surface area contributed by atoms with E-state index in [1.165, 1.54) is 6.08 Å². The van der Waals surface area contributed by atoms with Crippen molar-refractivity contribution in [3.63, 3.8) is 0 Å². The lowest BCUT2D eigenvalue weighted by molar-refractivity contribution is -0.154. The first-order valence-electron chi connectivity index (χ1n) is 8.05. The van der Waals surface area contributed by atoms with Crippen LogP contribution in [0.5, 0.6) is 0 Å². The minimum Gasteiger partial charge on any atom is -0.460 e. The fraction of sp³-hybridized carbons (Fsp3) is 0.250. The highest BCUT2D eigenvalue weighted by atomic mass is 16.5. The molecule has 0 saturated carbocycles. The quantitative estimate of drug-likeness (QED) is 0.243. The topological polar surface area (TPSA) is 65.4 Å². The van der Waals surface area contributed by atoms with Gasteiger partial charge < -0.3 is 9.30 Å². The number of hydrogen-bond donors (Lipinski definition) is 0. The van der Waals surface area contributed by atoms with Crippen molar-refractivity contribution < 1.29 is 19.1 Å². The van der Waals surface area contributed by atoms with Gasteiger partial charge in [-0.05, 0) is 32.1 Å². The number of carbonyl (C=O) groups excluding carboxylic acids is 3. The second-order valence-corrected chi connectivity index (χ2v) is 5.81. The Bertz CT molecular complexity index is 858. The fourth-order valence-corrected chi connectivity index (χ4v) is 2.51. The van der Waals surface area contributed by atoms with Crippen LogP contribution in [-0.2, 0) is 25.7 Å². The number of esters is 1. The third-order valence-electron chi connectivity index (χ3n) is 3.55. The number of para-hydroxylation sites is 1. The molecule has 1 heterocycles. The molecule has 0 spiro atoms. The molecule has 0 radical (unpaired) electrons. The molecule has 0 bridgehead atoms. The van der Waals surface area contributed by atoms with Crippen molar-refractivity contribution in [2.75, 3.05) is 6.61 Å². The van der Waals surface area contributed by atoms with Crippen molar-refractivity contribution in [1.29, 1.82) is 0 Å². The first-order valence-corrected chi connectivity index (χ1v) is 8.05. The van der Waals surface area contributed by atoms with Crippen molar-refractivity contribution in [2.24, 2.45) is 0 Å². The minimum atomic E-state index is -0.970. The summed E-state index contributed by atoms with van der Waals surface area (Å²) in [4.78, 5) is 34.7. The Labute approximate surface area is 146 Å². The number of hydrogen-bond acceptors (Lipinski definition) is 4. The molecule has 130 valence electrons. The van der Waals surface area contributed by atoms with Crippen LogP contribution in [0.3, 0.4) is 0 Å². The molecule has 5 nitrogen and oxygen atoms in total. The van der Waals surface area contributed by atoms with Gasteiger partial charge in [-0.2, -0.15) is 0 Å². The lowest BCUT2D eigenvalue weighted by atomic mass is 10.1. The average molecular weight is 339 g/mol. The Morgan fingerprint density at radius 2 is 1.96 bits per heavy atom. The summed E-state index contributed by atoms with van der Waals surface area (Å²) in [5.74, 6) is -2.24. The summed E-state index contributed by atoms with van der Waals surface area (Å²) in [7, 11) is 0. The monoisotopic (exact) mass is 339 g/mol. The number of aromatic nitrogens is 1. The van der Waals surface area contributed by atoms with Crippen LogP contribution in [0.25, 0.3) is 17.0 Å². The van der Waals surface area contributed by atoms with Crippen molar-refractivity contribution >= 4 is 34.5 Å². The fourth-order valence-electron chi connectivity index (χ4n) is 2.51. The summed E-state index contributed by atoms with van der Waals surface area (Å²) in [6.45, 7) is 8.28. The number of allylic oxidation sites excluding steroid dienone is 2. The lowest BCUT2D eigenvalue weighted by Crippen LogP contribution is -2.19. The second-order valence-electron chi connectivity index (χ2n) is 5.81. The van der Waals surface area contributed by atoms with Crippen LogP contribution >= 0.6 is 0 Å². The molecule has 0 N–H and O–H groups in total. The number of ketones is 2. The van der Waals surface area contributed by atoms with Gasteiger partial charge in [-0.1, -0.05) is 30.4 Å². The molecule has 0 unspecified atom stereocenters. The summed E-state index contributed by atoms with van der Waals surface area (Å²) in [6.07, 6.45) is 4.44. The molecule has 0 fully saturated rings. The van der Waals surface area contributed by atoms with Gasteiger partial charge in [0.25, 0.3) is 0 Å². The van der Waals surface area contributed by atoms with E-state index in [1.807, 2.05) is 37.4 Å². The maximum Gasteiger partial charge on any atom is 0.375 e. The number of rotatable bonds is 8. The molecule has 2 aromatic rings. The number of ether oxygens (including phenoxy) is 1. The molecule has 0 amide bonds. The van der Waals surface area contributed by atoms with Crippen LogP contribution in [0.4, 0.5) is 0 Å². The minimum absolute atomic E-state index is 0.108. The standard InChI is InChI=1S/C20H21NO4/c1-4-25-20(24)19(23)11-16(22)10-9-15-13-21(12-14(2)3)18-8-6-5-7-17(15)18/h5-10,13H,2,4,11-12H2,1,3H3/b10-9+. The number of carbonyl (C=O) groups is 3. The predicted octanol–water partition coefficient (Wildman–Crippen LogP) is 3.32. The van der Waals surface area contributed by atoms with E-state index in [1.54, 1.807) is 13.0 Å². The molecule has 1 aromatic carbocycles. The Hall–Kier alpha value is -2.95. The molecule has 0 saturated heterocycles. The maximum absolute atomic E-state index is 11.9. The smallest absolute Gasteiger partial charge is 0.375 e. The van der Waals surface area contributed by atoms with Crippen LogP contribution < -0.4 is 0 Å². The maximum atomic E-state index is 11.9. The molecule has 5 heteroatoms. The summed E-state index contributed by atoms with van der Waals surface area (Å²) in [5, 5.41) is 1.00. The number of Topliss-reactive ketones (excluding diaryl/α,β-unsaturated/α-hetero) is 1. The van der Waals surface area contributed by atoms with Crippen LogP contribution in [0.15, 0.2) is 48.7 Å². The third-order valence-corrected chi connectivity index (χ3v) is 3.55. The molecule has 0 aliphatic carbocycles. The Balaban J connectivity index is 2.18. The first kappa shape index (κ1) is 18.4. The van der Waals surface area contributed by atoms with E-state index in [-0.39, 0.29) is 6.61 Å². The van der Waals surface area contributed by atoms with Gasteiger partial charge in [0, 0.05) is 29.2 Å². The predicted molar refractivity (Wildman–Crippen MR) is 97.1 cm³/mol. The molecule has 2 rings (SSSR count). The van der Waals surface area contributed by atoms with E-state index >= 15 is 0 Å². The van der Waals surface area contributed by atoms with Gasteiger partial charge in [0.1, 0.15) is 0 Å². The summed E-state index contributed by atoms with van der Waals surface area (Å²) >= 11 is 0. The van der Waals surface area contributed by atoms with E-state index in [9.17, 15) is 14.4 Å². The molecule has 1 aromatic heterocycles. The van der Waals surface area contributed by atoms with Gasteiger partial charge in [-0.25, -0.2) is 4.79 Å². The summed E-state index contributed by atoms with van der Waals surface area (Å²) in [5.41, 5.74) is 2.93. The van der Waals surface area contributed by atoms with Gasteiger partial charge in [0.2, 0.25) is 5.78 Å². The van der Waals surface area contributed by atoms with Crippen molar-refractivity contribution in [3.05, 3.63) is 54.3 Å². The van der Waals surface area contributed by atoms with E-state index in [4.69, 9.17) is 0 Å². The van der Waals surface area contributed by atoms with Crippen LogP contribution in [-0.4, -0.2) is 28.7 Å². The van der Waals surface area contributed by atoms with Crippen LogP contribution in [0, 0.1) is 0 Å². The van der Waals surface area contributed by atoms with E-state index < -0.39 is 24.0 Å². The lowest BCUT2D eigenvalue weighted by Gasteiger charge is -2.03. The van der Waals surface area contributed by atoms with Gasteiger partial charge in [0.05, 0.1) is 13.0 Å². The summed E-state index contributed by atoms with van der Waals surface area (Å²) < 4.78 is 6.65. The normalized spacial score (nSPS) is 11.0. The van der Waals surface area contributed by atoms with Gasteiger partial charge in [-0.15, -0.1) is 0 Å². The number of nitrogens with zero attached hydrogens (tertiary/aromatic N) is 1. The third kappa shape index (κ3) is 4.76. The van der Waals surface area contributed by atoms with Crippen molar-refractivity contribution in [1.82, 2.24) is 4.57 Å². The zero-order valence-electron chi connectivity index (χ0n) is 14.5. The van der Waals surface area contributed by atoms with Gasteiger partial charge in [0.15, 0.2) is 5.78 Å². The molecular formula is C20H21NO4. The van der Waals surface area contributed by atoms with Crippen molar-refractivity contribution in [2.45, 2.75) is 26.8 Å². The van der Waals surface area contributed by atoms with Gasteiger partial charge in [-0.3, -0.25) is 9.59 Å². The Morgan fingerprint density at radius 1 is 1.24 bits per heavy atom. The number of fused-ring (bicyclic) bond motifs is 1. The molecule has 25 heavy (non-hydrogen) atoms. The SMILES string of the molecule is C=C(C)Cn1cc(/C=C/C(=O)CC(=O)C(=O)OCC)c2ccccc21. The van der Waals surface area contributed by atoms with E-state index in [0.717, 1.165) is 22.0 Å². The van der Waals surface area contributed by atoms with E-state index in [0.29, 0.717) is 6.54 Å². The zero-order chi connectivity index (χ0) is 18.4. The highest BCUT2D eigenvalue weighted by molar-refractivity contribution is 6.37. The molecule has 0 aliphatic rings. The molecular weight excluding hydrogens is 318 g/mol. The van der Waals surface area contributed by atoms with E-state index in [2.05, 4.69) is 15.9 Å². The van der Waals surface area contributed by atoms with Crippen LogP contribution in [0.1, 0.15) is 25.8 Å². The second kappa shape index (κ2) is 8.24. The number of benzene rings is 1. The van der Waals surface area contributed by atoms with Crippen molar-refractivity contribution in [3.8, 4) is 0 Å². The zero-order valence-corrected chi connectivity index (χ0v) is 14.5. The summed E-state index contributed by atoms with van der Waals surface area (Å²) in [6, 6.07) is 7.85. The van der Waals surface area contributed by atoms with Crippen LogP contribution in [0.2, 0.25) is 0 Å². The Kier molecular flexibility index (Phi) is 6.06. The Morgan fingerprint density at radius 3 is 2.64 bits per heavy atom. The first-order chi connectivity index (χ1) is 11.9. The highest BCUT2D eigenvalue weighted by Crippen LogP contribution is 2.23. The highest BCUT2D eigenvalue weighted by Gasteiger charge is 2.17. The largest absolute Gasteiger partial charge is 0.460 e. The average Bonchev–Trinajstić information content (AvgIpc) is 2.90. The van der Waals surface area contributed by atoms with Gasteiger partial charge >= 0.3 is 5.97 Å². The molecule has 0 atom stereocenters. The molecule has 0 aliphatic heterocycles.